The molecule has 0 bridgehead atoms. The summed E-state index contributed by atoms with van der Waals surface area (Å²) in [7, 11) is 0. The van der Waals surface area contributed by atoms with Gasteiger partial charge >= 0.3 is 17.9 Å². The lowest BCUT2D eigenvalue weighted by molar-refractivity contribution is -0.189. The van der Waals surface area contributed by atoms with Crippen molar-refractivity contribution in [2.45, 2.75) is 162 Å². The van der Waals surface area contributed by atoms with Crippen molar-refractivity contribution in [1.29, 1.82) is 0 Å². The number of cyclic esters (lactones) is 1. The lowest BCUT2D eigenvalue weighted by atomic mass is 9.85. The number of esters is 3. The number of unbranched alkanes of at least 4 members (excludes halogenated alkanes) is 12. The predicted molar refractivity (Wildman–Crippen MR) is 216 cm³/mol. The quantitative estimate of drug-likeness (QED) is 0.0463. The number of benzene rings is 1. The fourth-order valence-electron chi connectivity index (χ4n) is 7.83. The van der Waals surface area contributed by atoms with Gasteiger partial charge in [-0.15, -0.1) is 0 Å². The summed E-state index contributed by atoms with van der Waals surface area (Å²) in [6.07, 6.45) is 15.4. The molecule has 2 aliphatic rings. The average Bonchev–Trinajstić information content (AvgIpc) is 3.52. The molecule has 2 aromatic heterocycles. The Kier molecular flexibility index (Phi) is 14.9. The summed E-state index contributed by atoms with van der Waals surface area (Å²) in [5, 5.41) is 0.954. The lowest BCUT2D eigenvalue weighted by Crippen LogP contribution is -2.48. The molecule has 0 unspecified atom stereocenters. The molecule has 11 heteroatoms. The molecule has 1 amide bonds. The molecule has 304 valence electrons. The zero-order chi connectivity index (χ0) is 40.3. The third-order valence-corrected chi connectivity index (χ3v) is 10.8. The van der Waals surface area contributed by atoms with E-state index in [1.165, 1.54) is 62.7 Å². The van der Waals surface area contributed by atoms with Crippen molar-refractivity contribution in [1.82, 2.24) is 14.5 Å². The van der Waals surface area contributed by atoms with Gasteiger partial charge in [-0.05, 0) is 51.8 Å². The molecule has 3 aromatic rings. The molecule has 0 fully saturated rings. The highest BCUT2D eigenvalue weighted by Crippen LogP contribution is 2.41. The normalized spacial score (nSPS) is 15.8. The van der Waals surface area contributed by atoms with Crippen LogP contribution in [0.4, 0.5) is 0 Å². The Morgan fingerprint density at radius 3 is 2.14 bits per heavy atom. The minimum atomic E-state index is -1.87. The highest BCUT2D eigenvalue weighted by Gasteiger charge is 2.50. The molecule has 1 aromatic carbocycles. The molecular formula is C45H61N3O8. The molecule has 1 atom stereocenters. The van der Waals surface area contributed by atoms with Crippen LogP contribution in [-0.2, 0) is 52.1 Å². The first-order chi connectivity index (χ1) is 26.9. The van der Waals surface area contributed by atoms with Crippen LogP contribution < -0.4 is 5.56 Å². The second-order valence-electron chi connectivity index (χ2n) is 16.4. The van der Waals surface area contributed by atoms with E-state index in [-0.39, 0.29) is 61.6 Å². The number of fused-ring (bicyclic) bond motifs is 5. The molecule has 0 N–H and O–H groups in total. The van der Waals surface area contributed by atoms with Gasteiger partial charge in [0.25, 0.3) is 5.56 Å². The van der Waals surface area contributed by atoms with E-state index in [9.17, 15) is 24.0 Å². The summed E-state index contributed by atoms with van der Waals surface area (Å²) in [6.45, 7) is 8.87. The van der Waals surface area contributed by atoms with Gasteiger partial charge in [-0.3, -0.25) is 19.2 Å². The van der Waals surface area contributed by atoms with E-state index in [1.807, 2.05) is 30.3 Å². The van der Waals surface area contributed by atoms with Crippen LogP contribution in [0.15, 0.2) is 41.2 Å². The van der Waals surface area contributed by atoms with Crippen molar-refractivity contribution in [3.8, 4) is 11.4 Å². The van der Waals surface area contributed by atoms with E-state index in [1.54, 1.807) is 38.3 Å². The topological polar surface area (TPSA) is 134 Å². The van der Waals surface area contributed by atoms with Crippen molar-refractivity contribution < 1.29 is 33.4 Å². The standard InChI is InChI=1S/C45H61N3O8/c1-6-8-9-10-11-12-13-14-15-16-17-18-19-24-38(49)47(30-40(51)55-44(3,4)5)26-25-39(50)56-45(7-2)35-28-37-41-33(27-32-22-20-21-23-36(32)46-41)29-48(37)42(52)34(35)31-54-43(45)53/h20-23,27-28H,6-19,24-26,29-31H2,1-5H3/t45-/m0/s1. The number of carbonyl (C=O) groups excluding carboxylic acids is 4. The number of aromatic nitrogens is 2. The summed E-state index contributed by atoms with van der Waals surface area (Å²) in [4.78, 5) is 73.6. The van der Waals surface area contributed by atoms with Gasteiger partial charge in [0.2, 0.25) is 11.5 Å². The van der Waals surface area contributed by atoms with Crippen LogP contribution in [0.2, 0.25) is 0 Å². The first-order valence-electron chi connectivity index (χ1n) is 20.9. The summed E-state index contributed by atoms with van der Waals surface area (Å²) in [5.41, 5.74) is 0.424. The Bertz CT molecular complexity index is 1930. The Morgan fingerprint density at radius 2 is 1.50 bits per heavy atom. The maximum absolute atomic E-state index is 13.9. The Morgan fingerprint density at radius 1 is 0.857 bits per heavy atom. The number of carbonyl (C=O) groups is 4. The largest absolute Gasteiger partial charge is 0.459 e. The van der Waals surface area contributed by atoms with Gasteiger partial charge in [0.1, 0.15) is 18.8 Å². The van der Waals surface area contributed by atoms with Crippen molar-refractivity contribution >= 4 is 34.7 Å². The second-order valence-corrected chi connectivity index (χ2v) is 16.4. The molecule has 5 rings (SSSR count). The highest BCUT2D eigenvalue weighted by atomic mass is 16.6. The molecule has 0 radical (unpaired) electrons. The predicted octanol–water partition coefficient (Wildman–Crippen LogP) is 8.67. The summed E-state index contributed by atoms with van der Waals surface area (Å²) < 4.78 is 18.6. The monoisotopic (exact) mass is 771 g/mol. The molecule has 11 nitrogen and oxygen atoms in total. The second kappa shape index (κ2) is 19.6. The number of pyridine rings is 2. The Labute approximate surface area is 331 Å². The molecule has 0 spiro atoms. The van der Waals surface area contributed by atoms with Crippen molar-refractivity contribution in [3.63, 3.8) is 0 Å². The number of hydrogen-bond acceptors (Lipinski definition) is 9. The number of rotatable bonds is 21. The first-order valence-corrected chi connectivity index (χ1v) is 20.9. The molecule has 2 aliphatic heterocycles. The van der Waals surface area contributed by atoms with E-state index < -0.39 is 29.1 Å². The number of para-hydroxylation sites is 1. The van der Waals surface area contributed by atoms with E-state index in [0.717, 1.165) is 35.7 Å². The van der Waals surface area contributed by atoms with E-state index >= 15 is 0 Å². The van der Waals surface area contributed by atoms with Crippen LogP contribution in [0.5, 0.6) is 0 Å². The SMILES string of the molecule is CCCCCCCCCCCCCCCC(=O)N(CCC(=O)O[C@]1(CC)C(=O)OCc2c1cc1n(c2=O)Cc2cc3ccccc3nc2-1)CC(=O)OC(C)(C)C. The number of amides is 1. The molecule has 0 aliphatic carbocycles. The summed E-state index contributed by atoms with van der Waals surface area (Å²) in [5.74, 6) is -2.35. The first kappa shape index (κ1) is 42.6. The Hall–Kier alpha value is -4.54. The minimum Gasteiger partial charge on any atom is -0.459 e. The van der Waals surface area contributed by atoms with Crippen molar-refractivity contribution in [2.24, 2.45) is 0 Å². The van der Waals surface area contributed by atoms with E-state index in [0.29, 0.717) is 24.4 Å². The smallest absolute Gasteiger partial charge is 0.355 e. The number of ether oxygens (including phenoxy) is 3. The Balaban J connectivity index is 1.21. The van der Waals surface area contributed by atoms with E-state index in [2.05, 4.69) is 6.92 Å². The van der Waals surface area contributed by atoms with Crippen molar-refractivity contribution in [2.75, 3.05) is 13.1 Å². The zero-order valence-electron chi connectivity index (χ0n) is 34.2. The third kappa shape index (κ3) is 10.6. The van der Waals surface area contributed by atoms with Crippen molar-refractivity contribution in [3.05, 3.63) is 63.4 Å². The molecule has 0 saturated heterocycles. The van der Waals surface area contributed by atoms with Crippen LogP contribution in [0.1, 0.15) is 154 Å². The third-order valence-electron chi connectivity index (χ3n) is 10.8. The fourth-order valence-corrected chi connectivity index (χ4v) is 7.83. The minimum absolute atomic E-state index is 0.0189. The lowest BCUT2D eigenvalue weighted by Gasteiger charge is -2.36. The fraction of sp³-hybridized carbons (Fsp3) is 0.600. The van der Waals surface area contributed by atoms with Gasteiger partial charge in [-0.25, -0.2) is 9.78 Å². The molecule has 4 heterocycles. The highest BCUT2D eigenvalue weighted by molar-refractivity contribution is 5.89. The zero-order valence-corrected chi connectivity index (χ0v) is 34.2. The maximum Gasteiger partial charge on any atom is 0.355 e. The van der Waals surface area contributed by atoms with Gasteiger partial charge in [0.15, 0.2) is 0 Å². The van der Waals surface area contributed by atoms with E-state index in [4.69, 9.17) is 19.2 Å². The summed E-state index contributed by atoms with van der Waals surface area (Å²) >= 11 is 0. The van der Waals surface area contributed by atoms with Crippen LogP contribution in [0.3, 0.4) is 0 Å². The molecular weight excluding hydrogens is 711 g/mol. The van der Waals surface area contributed by atoms with Gasteiger partial charge in [0.05, 0.1) is 35.4 Å². The van der Waals surface area contributed by atoms with Crippen LogP contribution >= 0.6 is 0 Å². The molecule has 0 saturated carbocycles. The van der Waals surface area contributed by atoms with Crippen LogP contribution in [0.25, 0.3) is 22.3 Å². The van der Waals surface area contributed by atoms with Gasteiger partial charge in [0, 0.05) is 29.5 Å². The summed E-state index contributed by atoms with van der Waals surface area (Å²) in [6, 6.07) is 11.5. The molecule has 56 heavy (non-hydrogen) atoms. The van der Waals surface area contributed by atoms with Gasteiger partial charge < -0.3 is 23.7 Å². The van der Waals surface area contributed by atoms with Crippen LogP contribution in [0, 0.1) is 0 Å². The number of hydrogen-bond donors (Lipinski definition) is 0. The number of nitrogens with zero attached hydrogens (tertiary/aromatic N) is 3. The van der Waals surface area contributed by atoms with Gasteiger partial charge in [-0.1, -0.05) is 109 Å². The maximum atomic E-state index is 13.9. The van der Waals surface area contributed by atoms with Crippen LogP contribution in [-0.4, -0.2) is 57.0 Å². The van der Waals surface area contributed by atoms with Gasteiger partial charge in [-0.2, -0.15) is 0 Å². The average molecular weight is 772 g/mol.